The summed E-state index contributed by atoms with van der Waals surface area (Å²) in [6, 6.07) is 20.4. The Kier molecular flexibility index (Phi) is 6.45. The highest BCUT2D eigenvalue weighted by Gasteiger charge is 2.29. The van der Waals surface area contributed by atoms with Crippen LogP contribution < -0.4 is 5.32 Å². The van der Waals surface area contributed by atoms with E-state index in [1.165, 1.54) is 0 Å². The second-order valence-corrected chi connectivity index (χ2v) is 11.3. The van der Waals surface area contributed by atoms with Gasteiger partial charge < -0.3 is 10.1 Å². The third kappa shape index (κ3) is 5.54. The normalized spacial score (nSPS) is 16.0. The summed E-state index contributed by atoms with van der Waals surface area (Å²) in [7, 11) is -3.53. The van der Waals surface area contributed by atoms with Gasteiger partial charge in [0.15, 0.2) is 0 Å². The van der Waals surface area contributed by atoms with Crippen molar-refractivity contribution in [2.24, 2.45) is 0 Å². The lowest BCUT2D eigenvalue weighted by Gasteiger charge is -2.32. The van der Waals surface area contributed by atoms with Crippen LogP contribution >= 0.6 is 0 Å². The summed E-state index contributed by atoms with van der Waals surface area (Å²) < 4.78 is 33.3. The average Bonchev–Trinajstić information content (AvgIpc) is 2.78. The number of hydrogen-bond donors (Lipinski definition) is 1. The average molecular weight is 467 g/mol. The van der Waals surface area contributed by atoms with Crippen molar-refractivity contribution in [2.75, 3.05) is 18.4 Å². The highest BCUT2D eigenvalue weighted by molar-refractivity contribution is 7.89. The highest BCUT2D eigenvalue weighted by Crippen LogP contribution is 2.26. The second kappa shape index (κ2) is 9.15. The number of anilines is 1. The van der Waals surface area contributed by atoms with Crippen molar-refractivity contribution in [2.45, 2.75) is 50.2 Å². The van der Waals surface area contributed by atoms with Crippen LogP contribution in [0.3, 0.4) is 0 Å². The minimum Gasteiger partial charge on any atom is -0.456 e. The van der Waals surface area contributed by atoms with Crippen LogP contribution in [0.1, 0.15) is 44.0 Å². The molecule has 0 unspecified atom stereocenters. The molecule has 1 N–H and O–H groups in total. The zero-order valence-corrected chi connectivity index (χ0v) is 20.1. The molecule has 3 aromatic carbocycles. The SMILES string of the molecule is CC(C)(C)OC(=O)c1ccc(NC2CCN(S(=O)(=O)c3ccc4ccccc4c3)CC2)cc1. The van der Waals surface area contributed by atoms with E-state index >= 15 is 0 Å². The van der Waals surface area contributed by atoms with E-state index in [2.05, 4.69) is 5.32 Å². The van der Waals surface area contributed by atoms with Crippen LogP contribution in [-0.2, 0) is 14.8 Å². The van der Waals surface area contributed by atoms with Gasteiger partial charge in [-0.15, -0.1) is 0 Å². The van der Waals surface area contributed by atoms with Crippen LogP contribution in [0, 0.1) is 0 Å². The Morgan fingerprint density at radius 2 is 1.58 bits per heavy atom. The lowest BCUT2D eigenvalue weighted by Crippen LogP contribution is -2.42. The number of carbonyl (C=O) groups excluding carboxylic acids is 1. The van der Waals surface area contributed by atoms with Crippen LogP contribution in [0.15, 0.2) is 71.6 Å². The van der Waals surface area contributed by atoms with Crippen LogP contribution in [0.5, 0.6) is 0 Å². The smallest absolute Gasteiger partial charge is 0.338 e. The zero-order chi connectivity index (χ0) is 23.6. The maximum Gasteiger partial charge on any atom is 0.338 e. The van der Waals surface area contributed by atoms with E-state index in [1.54, 1.807) is 28.6 Å². The predicted molar refractivity (Wildman–Crippen MR) is 131 cm³/mol. The summed E-state index contributed by atoms with van der Waals surface area (Å²) in [5.74, 6) is -0.346. The molecule has 4 rings (SSSR count). The Bertz CT molecular complexity index is 1240. The van der Waals surface area contributed by atoms with Crippen molar-refractivity contribution < 1.29 is 17.9 Å². The first kappa shape index (κ1) is 23.3. The Morgan fingerprint density at radius 1 is 0.939 bits per heavy atom. The van der Waals surface area contributed by atoms with Gasteiger partial charge in [-0.2, -0.15) is 4.31 Å². The standard InChI is InChI=1S/C26H30N2O4S/c1-26(2,3)32-25(29)20-8-11-22(12-9-20)27-23-14-16-28(17-15-23)33(30,31)24-13-10-19-6-4-5-7-21(19)18-24/h4-13,18,23,27H,14-17H2,1-3H3. The molecule has 0 spiro atoms. The van der Waals surface area contributed by atoms with Gasteiger partial charge in [0.1, 0.15) is 5.60 Å². The van der Waals surface area contributed by atoms with Crippen LogP contribution in [-0.4, -0.2) is 43.4 Å². The van der Waals surface area contributed by atoms with Gasteiger partial charge in [-0.1, -0.05) is 30.3 Å². The summed E-state index contributed by atoms with van der Waals surface area (Å²) in [6.07, 6.45) is 1.42. The van der Waals surface area contributed by atoms with E-state index in [1.807, 2.05) is 63.2 Å². The van der Waals surface area contributed by atoms with E-state index < -0.39 is 15.6 Å². The molecule has 33 heavy (non-hydrogen) atoms. The van der Waals surface area contributed by atoms with Gasteiger partial charge in [-0.3, -0.25) is 0 Å². The fourth-order valence-electron chi connectivity index (χ4n) is 3.99. The Morgan fingerprint density at radius 3 is 2.21 bits per heavy atom. The summed E-state index contributed by atoms with van der Waals surface area (Å²) in [5.41, 5.74) is 0.875. The number of rotatable bonds is 5. The molecule has 3 aromatic rings. The predicted octanol–water partition coefficient (Wildman–Crippen LogP) is 5.06. The summed E-state index contributed by atoms with van der Waals surface area (Å²) in [6.45, 7) is 6.44. The van der Waals surface area contributed by atoms with Gasteiger partial charge in [0, 0.05) is 24.8 Å². The molecule has 1 fully saturated rings. The van der Waals surface area contributed by atoms with E-state index in [4.69, 9.17) is 4.74 Å². The maximum absolute atomic E-state index is 13.2. The van der Waals surface area contributed by atoms with Crippen molar-refractivity contribution in [1.29, 1.82) is 0 Å². The first-order valence-corrected chi connectivity index (χ1v) is 12.6. The first-order valence-electron chi connectivity index (χ1n) is 11.2. The van der Waals surface area contributed by atoms with E-state index in [-0.39, 0.29) is 12.0 Å². The number of fused-ring (bicyclic) bond motifs is 1. The summed E-state index contributed by atoms with van der Waals surface area (Å²) in [4.78, 5) is 12.5. The van der Waals surface area contributed by atoms with E-state index in [9.17, 15) is 13.2 Å². The number of esters is 1. The molecule has 0 saturated carbocycles. The van der Waals surface area contributed by atoms with E-state index in [0.29, 0.717) is 36.4 Å². The number of ether oxygens (including phenoxy) is 1. The van der Waals surface area contributed by atoms with Crippen molar-refractivity contribution >= 4 is 32.5 Å². The van der Waals surface area contributed by atoms with Crippen molar-refractivity contribution in [3.63, 3.8) is 0 Å². The van der Waals surface area contributed by atoms with Crippen molar-refractivity contribution in [3.05, 3.63) is 72.3 Å². The highest BCUT2D eigenvalue weighted by atomic mass is 32.2. The summed E-state index contributed by atoms with van der Waals surface area (Å²) >= 11 is 0. The molecule has 0 radical (unpaired) electrons. The third-order valence-electron chi connectivity index (χ3n) is 5.70. The number of benzene rings is 3. The maximum atomic E-state index is 13.2. The van der Waals surface area contributed by atoms with Gasteiger partial charge in [0.2, 0.25) is 10.0 Å². The zero-order valence-electron chi connectivity index (χ0n) is 19.2. The molecule has 0 amide bonds. The number of hydrogen-bond acceptors (Lipinski definition) is 5. The largest absolute Gasteiger partial charge is 0.456 e. The minimum absolute atomic E-state index is 0.167. The monoisotopic (exact) mass is 466 g/mol. The Hall–Kier alpha value is -2.90. The Labute approximate surface area is 195 Å². The molecule has 1 aliphatic heterocycles. The van der Waals surface area contributed by atoms with Gasteiger partial charge >= 0.3 is 5.97 Å². The van der Waals surface area contributed by atoms with Gasteiger partial charge in [-0.05, 0) is 80.8 Å². The number of piperidine rings is 1. The van der Waals surface area contributed by atoms with Crippen LogP contribution in [0.2, 0.25) is 0 Å². The molecule has 174 valence electrons. The molecular formula is C26H30N2O4S. The molecule has 0 bridgehead atoms. The van der Waals surface area contributed by atoms with E-state index in [0.717, 1.165) is 16.5 Å². The number of carbonyl (C=O) groups is 1. The number of nitrogens with one attached hydrogen (secondary N) is 1. The second-order valence-electron chi connectivity index (χ2n) is 9.41. The molecular weight excluding hydrogens is 436 g/mol. The molecule has 1 heterocycles. The van der Waals surface area contributed by atoms with Crippen LogP contribution in [0.25, 0.3) is 10.8 Å². The van der Waals surface area contributed by atoms with Crippen molar-refractivity contribution in [1.82, 2.24) is 4.31 Å². The molecule has 0 aromatic heterocycles. The topological polar surface area (TPSA) is 75.7 Å². The number of nitrogens with zero attached hydrogens (tertiary/aromatic N) is 1. The van der Waals surface area contributed by atoms with Crippen LogP contribution in [0.4, 0.5) is 5.69 Å². The molecule has 6 nitrogen and oxygen atoms in total. The Balaban J connectivity index is 1.36. The van der Waals surface area contributed by atoms with Crippen molar-refractivity contribution in [3.8, 4) is 0 Å². The molecule has 0 aliphatic carbocycles. The first-order chi connectivity index (χ1) is 15.6. The minimum atomic E-state index is -3.53. The lowest BCUT2D eigenvalue weighted by molar-refractivity contribution is 0.00695. The van der Waals surface area contributed by atoms with Gasteiger partial charge in [-0.25, -0.2) is 13.2 Å². The van der Waals surface area contributed by atoms with Gasteiger partial charge in [0.05, 0.1) is 10.5 Å². The molecule has 1 aliphatic rings. The molecule has 0 atom stereocenters. The fraction of sp³-hybridized carbons (Fsp3) is 0.346. The quantitative estimate of drug-likeness (QED) is 0.532. The summed E-state index contributed by atoms with van der Waals surface area (Å²) in [5, 5.41) is 5.40. The third-order valence-corrected chi connectivity index (χ3v) is 7.60. The molecule has 1 saturated heterocycles. The molecule has 7 heteroatoms. The number of sulfonamides is 1. The fourth-order valence-corrected chi connectivity index (χ4v) is 5.50. The van der Waals surface area contributed by atoms with Gasteiger partial charge in [0.25, 0.3) is 0 Å². The lowest BCUT2D eigenvalue weighted by atomic mass is 10.1.